The zero-order chi connectivity index (χ0) is 20.2. The molecule has 1 amide bonds. The van der Waals surface area contributed by atoms with Gasteiger partial charge in [0.2, 0.25) is 8.41 Å². The lowest BCUT2D eigenvalue weighted by atomic mass is 9.95. The van der Waals surface area contributed by atoms with Crippen LogP contribution in [0.5, 0.6) is 0 Å². The third kappa shape index (κ3) is 5.84. The Bertz CT molecular complexity index is 635. The molecule has 1 aromatic carbocycles. The molecule has 152 valence electrons. The number of hydrogen-bond donors (Lipinski definition) is 3. The van der Waals surface area contributed by atoms with Crippen LogP contribution in [-0.2, 0) is 16.0 Å². The number of anilines is 1. The van der Waals surface area contributed by atoms with Crippen molar-refractivity contribution in [2.45, 2.75) is 70.1 Å². The molecule has 1 aliphatic heterocycles. The highest BCUT2D eigenvalue weighted by Crippen LogP contribution is 2.46. The Morgan fingerprint density at radius 1 is 1.33 bits per heavy atom. The number of aliphatic hydroxyl groups is 2. The molecule has 5 nitrogen and oxygen atoms in total. The van der Waals surface area contributed by atoms with E-state index in [4.69, 9.17) is 4.74 Å². The van der Waals surface area contributed by atoms with E-state index in [-0.39, 0.29) is 30.3 Å². The van der Waals surface area contributed by atoms with E-state index in [0.29, 0.717) is 12.1 Å². The van der Waals surface area contributed by atoms with Crippen LogP contribution in [0.2, 0.25) is 18.6 Å². The number of hydrogen-bond acceptors (Lipinski definition) is 4. The molecule has 1 heterocycles. The summed E-state index contributed by atoms with van der Waals surface area (Å²) in [4.78, 5) is 11.6. The molecule has 0 aliphatic carbocycles. The fraction of sp³-hybridized carbons (Fsp3) is 0.650. The molecule has 1 aliphatic rings. The summed E-state index contributed by atoms with van der Waals surface area (Å²) in [5.41, 5.74) is 1.59. The van der Waals surface area contributed by atoms with Crippen molar-refractivity contribution in [2.24, 2.45) is 5.92 Å². The number of rotatable bonds is 8. The summed E-state index contributed by atoms with van der Waals surface area (Å²) < 4.78 is 20.9. The number of halogens is 1. The molecule has 2 rings (SSSR count). The number of amides is 1. The van der Waals surface area contributed by atoms with Crippen molar-refractivity contribution in [3.8, 4) is 0 Å². The van der Waals surface area contributed by atoms with Gasteiger partial charge in [-0.2, -0.15) is 0 Å². The van der Waals surface area contributed by atoms with Gasteiger partial charge in [0.1, 0.15) is 6.10 Å². The fourth-order valence-corrected chi connectivity index (χ4v) is 6.73. The Kier molecular flexibility index (Phi) is 7.56. The van der Waals surface area contributed by atoms with Gasteiger partial charge in [0, 0.05) is 17.8 Å². The number of benzene rings is 1. The predicted octanol–water partition coefficient (Wildman–Crippen LogP) is 3.27. The van der Waals surface area contributed by atoms with E-state index in [1.807, 2.05) is 18.2 Å². The van der Waals surface area contributed by atoms with E-state index < -0.39 is 20.4 Å². The van der Waals surface area contributed by atoms with Crippen molar-refractivity contribution in [3.63, 3.8) is 0 Å². The van der Waals surface area contributed by atoms with Crippen LogP contribution in [0.1, 0.15) is 32.3 Å². The van der Waals surface area contributed by atoms with Gasteiger partial charge in [-0.15, -0.1) is 0 Å². The number of carbonyl (C=O) groups excluding carboxylic acids is 1. The molecule has 0 spiro atoms. The highest BCUT2D eigenvalue weighted by atomic mass is 28.4. The Hall–Kier alpha value is -1.28. The molecular formula is C20H32FNO4Si. The predicted molar refractivity (Wildman–Crippen MR) is 107 cm³/mol. The highest BCUT2D eigenvalue weighted by molar-refractivity contribution is 6.72. The first-order valence-corrected chi connectivity index (χ1v) is 12.6. The summed E-state index contributed by atoms with van der Waals surface area (Å²) in [6.45, 7) is 6.93. The van der Waals surface area contributed by atoms with Crippen molar-refractivity contribution in [1.29, 1.82) is 0 Å². The SMILES string of the molecule is C[C@H]1[C@H]([Si](C)(C)F)[C@@H](CCO)O[C@H]1CCc1cccc(NC(=O)[C@H](C)O)c1. The van der Waals surface area contributed by atoms with Crippen LogP contribution in [0, 0.1) is 5.92 Å². The highest BCUT2D eigenvalue weighted by Gasteiger charge is 2.50. The quantitative estimate of drug-likeness (QED) is 0.465. The smallest absolute Gasteiger partial charge is 0.252 e. The van der Waals surface area contributed by atoms with Crippen LogP contribution >= 0.6 is 0 Å². The van der Waals surface area contributed by atoms with Crippen molar-refractivity contribution >= 4 is 20.0 Å². The van der Waals surface area contributed by atoms with Crippen molar-refractivity contribution in [3.05, 3.63) is 29.8 Å². The summed E-state index contributed by atoms with van der Waals surface area (Å²) in [5.74, 6) is -0.323. The lowest BCUT2D eigenvalue weighted by Gasteiger charge is -2.28. The zero-order valence-corrected chi connectivity index (χ0v) is 17.6. The van der Waals surface area contributed by atoms with Gasteiger partial charge in [0.25, 0.3) is 5.91 Å². The lowest BCUT2D eigenvalue weighted by Crippen LogP contribution is -2.36. The van der Waals surface area contributed by atoms with Crippen LogP contribution < -0.4 is 5.32 Å². The number of aryl methyl sites for hydroxylation is 1. The molecule has 5 atom stereocenters. The Morgan fingerprint density at radius 3 is 2.63 bits per heavy atom. The van der Waals surface area contributed by atoms with Crippen molar-refractivity contribution in [1.82, 2.24) is 0 Å². The normalized spacial score (nSPS) is 26.8. The average Bonchev–Trinajstić information content (AvgIpc) is 2.89. The number of ether oxygens (including phenoxy) is 1. The first kappa shape index (κ1) is 22.0. The maximum absolute atomic E-state index is 14.8. The Labute approximate surface area is 162 Å². The van der Waals surface area contributed by atoms with Gasteiger partial charge in [0.05, 0.1) is 12.2 Å². The molecule has 3 N–H and O–H groups in total. The zero-order valence-electron chi connectivity index (χ0n) is 16.6. The minimum atomic E-state index is -2.88. The second-order valence-electron chi connectivity index (χ2n) is 8.08. The van der Waals surface area contributed by atoms with Crippen LogP contribution in [0.15, 0.2) is 24.3 Å². The van der Waals surface area contributed by atoms with Crippen LogP contribution in [0.3, 0.4) is 0 Å². The molecular weight excluding hydrogens is 365 g/mol. The summed E-state index contributed by atoms with van der Waals surface area (Å²) in [5, 5.41) is 21.3. The minimum Gasteiger partial charge on any atom is -0.396 e. The molecule has 27 heavy (non-hydrogen) atoms. The second kappa shape index (κ2) is 9.27. The Morgan fingerprint density at radius 2 is 2.04 bits per heavy atom. The van der Waals surface area contributed by atoms with Gasteiger partial charge in [-0.05, 0) is 62.9 Å². The molecule has 1 fully saturated rings. The number of nitrogens with one attached hydrogen (secondary N) is 1. The van der Waals surface area contributed by atoms with E-state index in [2.05, 4.69) is 12.2 Å². The Balaban J connectivity index is 2.01. The number of carbonyl (C=O) groups is 1. The average molecular weight is 398 g/mol. The molecule has 0 unspecified atom stereocenters. The first-order valence-electron chi connectivity index (χ1n) is 9.66. The van der Waals surface area contributed by atoms with Crippen molar-refractivity contribution < 1.29 is 23.9 Å². The van der Waals surface area contributed by atoms with E-state index in [9.17, 15) is 19.1 Å². The monoisotopic (exact) mass is 397 g/mol. The third-order valence-corrected chi connectivity index (χ3v) is 7.88. The van der Waals surface area contributed by atoms with Gasteiger partial charge in [-0.1, -0.05) is 19.1 Å². The van der Waals surface area contributed by atoms with Crippen LogP contribution in [-0.4, -0.2) is 49.4 Å². The molecule has 1 aromatic rings. The maximum Gasteiger partial charge on any atom is 0.252 e. The lowest BCUT2D eigenvalue weighted by molar-refractivity contribution is -0.123. The van der Waals surface area contributed by atoms with E-state index in [1.165, 1.54) is 6.92 Å². The summed E-state index contributed by atoms with van der Waals surface area (Å²) in [6, 6.07) is 7.51. The standard InChI is InChI=1S/C20H32FNO4Si/c1-13-17(26-18(10-11-23)19(13)27(3,4)21)9-8-15-6-5-7-16(12-15)22-20(25)14(2)24/h5-7,12-14,17-19,23-24H,8-11H2,1-4H3,(H,22,25)/t13-,14+,17+,18-,19+/m1/s1. The maximum atomic E-state index is 14.8. The fourth-order valence-electron chi connectivity index (χ4n) is 4.14. The minimum absolute atomic E-state index is 0.0100. The molecule has 0 bridgehead atoms. The molecule has 0 aromatic heterocycles. The van der Waals surface area contributed by atoms with Crippen LogP contribution in [0.25, 0.3) is 0 Å². The van der Waals surface area contributed by atoms with E-state index >= 15 is 0 Å². The molecule has 1 saturated heterocycles. The first-order chi connectivity index (χ1) is 12.6. The molecule has 0 saturated carbocycles. The van der Waals surface area contributed by atoms with Gasteiger partial charge in [0.15, 0.2) is 0 Å². The van der Waals surface area contributed by atoms with Crippen molar-refractivity contribution in [2.75, 3.05) is 11.9 Å². The topological polar surface area (TPSA) is 78.8 Å². The summed E-state index contributed by atoms with van der Waals surface area (Å²) in [6.07, 6.45) is 0.684. The van der Waals surface area contributed by atoms with E-state index in [1.54, 1.807) is 19.2 Å². The molecule has 7 heteroatoms. The largest absolute Gasteiger partial charge is 0.396 e. The van der Waals surface area contributed by atoms with Crippen LogP contribution in [0.4, 0.5) is 9.80 Å². The number of aliphatic hydroxyl groups excluding tert-OH is 2. The van der Waals surface area contributed by atoms with Gasteiger partial charge >= 0.3 is 0 Å². The second-order valence-corrected chi connectivity index (χ2v) is 11.9. The summed E-state index contributed by atoms with van der Waals surface area (Å²) in [7, 11) is -2.88. The third-order valence-electron chi connectivity index (χ3n) is 5.40. The van der Waals surface area contributed by atoms with Gasteiger partial charge in [-0.25, -0.2) is 0 Å². The summed E-state index contributed by atoms with van der Waals surface area (Å²) >= 11 is 0. The van der Waals surface area contributed by atoms with Gasteiger partial charge < -0.3 is 24.4 Å². The van der Waals surface area contributed by atoms with Gasteiger partial charge in [-0.3, -0.25) is 4.79 Å². The van der Waals surface area contributed by atoms with E-state index in [0.717, 1.165) is 18.4 Å². The molecule has 0 radical (unpaired) electrons.